The molecule has 0 saturated carbocycles. The molecule has 1 unspecified atom stereocenters. The minimum absolute atomic E-state index is 0.254. The molecule has 0 spiro atoms. The first-order valence-electron chi connectivity index (χ1n) is 4.42. The van der Waals surface area contributed by atoms with Crippen molar-refractivity contribution >= 4 is 17.3 Å². The molecule has 0 heterocycles. The molecule has 1 aromatic carbocycles. The number of aliphatic hydroxyl groups is 2. The van der Waals surface area contributed by atoms with Gasteiger partial charge in [0.15, 0.2) is 0 Å². The fourth-order valence-corrected chi connectivity index (χ4v) is 1.25. The van der Waals surface area contributed by atoms with Crippen molar-refractivity contribution in [2.45, 2.75) is 13.0 Å². The van der Waals surface area contributed by atoms with Gasteiger partial charge >= 0.3 is 0 Å². The van der Waals surface area contributed by atoms with Crippen LogP contribution in [-0.2, 0) is 0 Å². The molecule has 1 rings (SSSR count). The van der Waals surface area contributed by atoms with Crippen LogP contribution in [0.2, 0.25) is 5.02 Å². The molecule has 0 saturated heterocycles. The maximum atomic E-state index is 9.12. The van der Waals surface area contributed by atoms with E-state index in [-0.39, 0.29) is 6.61 Å². The molecule has 0 aliphatic heterocycles. The molecule has 0 aliphatic carbocycles. The van der Waals surface area contributed by atoms with Crippen LogP contribution in [0.15, 0.2) is 18.2 Å². The van der Waals surface area contributed by atoms with Crippen molar-refractivity contribution < 1.29 is 10.2 Å². The van der Waals surface area contributed by atoms with E-state index < -0.39 is 6.10 Å². The van der Waals surface area contributed by atoms with E-state index in [1.807, 2.05) is 19.1 Å². The summed E-state index contributed by atoms with van der Waals surface area (Å²) < 4.78 is 0. The normalized spacial score (nSPS) is 12.6. The maximum absolute atomic E-state index is 9.12. The number of anilines is 1. The number of nitrogens with one attached hydrogen (secondary N) is 1. The lowest BCUT2D eigenvalue weighted by Gasteiger charge is -2.11. The van der Waals surface area contributed by atoms with Crippen molar-refractivity contribution in [3.05, 3.63) is 28.8 Å². The highest BCUT2D eigenvalue weighted by atomic mass is 35.5. The topological polar surface area (TPSA) is 52.5 Å². The van der Waals surface area contributed by atoms with Gasteiger partial charge in [-0.2, -0.15) is 0 Å². The van der Waals surface area contributed by atoms with E-state index >= 15 is 0 Å². The number of aryl methyl sites for hydroxylation is 1. The fourth-order valence-electron chi connectivity index (χ4n) is 1.07. The Morgan fingerprint density at radius 3 is 2.86 bits per heavy atom. The lowest BCUT2D eigenvalue weighted by Crippen LogP contribution is -2.23. The highest BCUT2D eigenvalue weighted by Crippen LogP contribution is 2.22. The van der Waals surface area contributed by atoms with Crippen LogP contribution in [0, 0.1) is 6.92 Å². The van der Waals surface area contributed by atoms with Crippen molar-refractivity contribution in [1.29, 1.82) is 0 Å². The summed E-state index contributed by atoms with van der Waals surface area (Å²) in [6, 6.07) is 5.60. The van der Waals surface area contributed by atoms with Gasteiger partial charge in [0.1, 0.15) is 0 Å². The van der Waals surface area contributed by atoms with Crippen molar-refractivity contribution in [1.82, 2.24) is 0 Å². The van der Waals surface area contributed by atoms with Crippen LogP contribution in [0.25, 0.3) is 0 Å². The Kier molecular flexibility index (Phi) is 4.20. The van der Waals surface area contributed by atoms with Gasteiger partial charge in [0, 0.05) is 6.54 Å². The Balaban J connectivity index is 2.62. The third-order valence-corrected chi connectivity index (χ3v) is 2.19. The SMILES string of the molecule is Cc1ccc(Cl)c(NCC(O)CO)c1. The van der Waals surface area contributed by atoms with Gasteiger partial charge in [0.05, 0.1) is 23.4 Å². The van der Waals surface area contributed by atoms with E-state index in [2.05, 4.69) is 5.32 Å². The number of rotatable bonds is 4. The maximum Gasteiger partial charge on any atom is 0.0942 e. The minimum Gasteiger partial charge on any atom is -0.394 e. The summed E-state index contributed by atoms with van der Waals surface area (Å²) in [5, 5.41) is 21.3. The fraction of sp³-hybridized carbons (Fsp3) is 0.400. The predicted molar refractivity (Wildman–Crippen MR) is 57.8 cm³/mol. The summed E-state index contributed by atoms with van der Waals surface area (Å²) >= 11 is 5.92. The van der Waals surface area contributed by atoms with Crippen molar-refractivity contribution in [3.63, 3.8) is 0 Å². The summed E-state index contributed by atoms with van der Waals surface area (Å²) in [4.78, 5) is 0. The van der Waals surface area contributed by atoms with E-state index in [0.29, 0.717) is 11.6 Å². The average Bonchev–Trinajstić information content (AvgIpc) is 2.19. The van der Waals surface area contributed by atoms with Gasteiger partial charge in [-0.15, -0.1) is 0 Å². The Hall–Kier alpha value is -0.770. The predicted octanol–water partition coefficient (Wildman–Crippen LogP) is 1.41. The number of benzene rings is 1. The zero-order valence-electron chi connectivity index (χ0n) is 8.00. The molecule has 1 atom stereocenters. The highest BCUT2D eigenvalue weighted by molar-refractivity contribution is 6.33. The summed E-state index contributed by atoms with van der Waals surface area (Å²) in [7, 11) is 0. The molecule has 0 bridgehead atoms. The molecule has 0 aliphatic rings. The van der Waals surface area contributed by atoms with Crippen LogP contribution < -0.4 is 5.32 Å². The largest absolute Gasteiger partial charge is 0.394 e. The lowest BCUT2D eigenvalue weighted by molar-refractivity contribution is 0.105. The molecule has 0 radical (unpaired) electrons. The summed E-state index contributed by atoms with van der Waals surface area (Å²) in [5.74, 6) is 0. The lowest BCUT2D eigenvalue weighted by atomic mass is 10.2. The third kappa shape index (κ3) is 3.18. The second-order valence-electron chi connectivity index (χ2n) is 3.20. The van der Waals surface area contributed by atoms with Gasteiger partial charge in [-0.1, -0.05) is 17.7 Å². The first-order valence-corrected chi connectivity index (χ1v) is 4.80. The summed E-state index contributed by atoms with van der Waals surface area (Å²) in [6.45, 7) is 2.00. The standard InChI is InChI=1S/C10H14ClNO2/c1-7-2-3-9(11)10(4-7)12-5-8(14)6-13/h2-4,8,12-14H,5-6H2,1H3. The van der Waals surface area contributed by atoms with E-state index in [1.54, 1.807) is 6.07 Å². The average molecular weight is 216 g/mol. The van der Waals surface area contributed by atoms with Gasteiger partial charge < -0.3 is 15.5 Å². The monoisotopic (exact) mass is 215 g/mol. The second kappa shape index (κ2) is 5.20. The van der Waals surface area contributed by atoms with Crippen LogP contribution in [0.1, 0.15) is 5.56 Å². The molecular weight excluding hydrogens is 202 g/mol. The number of hydrogen-bond donors (Lipinski definition) is 3. The van der Waals surface area contributed by atoms with Gasteiger partial charge in [0.25, 0.3) is 0 Å². The number of halogens is 1. The van der Waals surface area contributed by atoms with Gasteiger partial charge in [-0.3, -0.25) is 0 Å². The first-order chi connectivity index (χ1) is 6.63. The Morgan fingerprint density at radius 2 is 2.21 bits per heavy atom. The molecule has 0 fully saturated rings. The quantitative estimate of drug-likeness (QED) is 0.712. The molecular formula is C10H14ClNO2. The molecule has 78 valence electrons. The molecule has 4 heteroatoms. The van der Waals surface area contributed by atoms with E-state index in [4.69, 9.17) is 21.8 Å². The zero-order valence-corrected chi connectivity index (χ0v) is 8.75. The van der Waals surface area contributed by atoms with Crippen molar-refractivity contribution in [3.8, 4) is 0 Å². The summed E-state index contributed by atoms with van der Waals surface area (Å²) in [5.41, 5.74) is 1.87. The Bertz CT molecular complexity index is 304. The number of hydrogen-bond acceptors (Lipinski definition) is 3. The minimum atomic E-state index is -0.758. The Morgan fingerprint density at radius 1 is 1.50 bits per heavy atom. The van der Waals surface area contributed by atoms with Crippen LogP contribution in [-0.4, -0.2) is 29.5 Å². The van der Waals surface area contributed by atoms with Crippen LogP contribution in [0.5, 0.6) is 0 Å². The van der Waals surface area contributed by atoms with E-state index in [9.17, 15) is 0 Å². The van der Waals surface area contributed by atoms with Crippen molar-refractivity contribution in [2.75, 3.05) is 18.5 Å². The van der Waals surface area contributed by atoms with E-state index in [0.717, 1.165) is 11.3 Å². The zero-order chi connectivity index (χ0) is 10.6. The third-order valence-electron chi connectivity index (χ3n) is 1.86. The molecule has 14 heavy (non-hydrogen) atoms. The van der Waals surface area contributed by atoms with Crippen molar-refractivity contribution in [2.24, 2.45) is 0 Å². The summed E-state index contributed by atoms with van der Waals surface area (Å²) in [6.07, 6.45) is -0.758. The number of aliphatic hydroxyl groups excluding tert-OH is 2. The molecule has 1 aromatic rings. The molecule has 3 N–H and O–H groups in total. The van der Waals surface area contributed by atoms with Crippen LogP contribution in [0.4, 0.5) is 5.69 Å². The molecule has 0 aromatic heterocycles. The molecule has 3 nitrogen and oxygen atoms in total. The van der Waals surface area contributed by atoms with Gasteiger partial charge in [-0.25, -0.2) is 0 Å². The van der Waals surface area contributed by atoms with Crippen LogP contribution in [0.3, 0.4) is 0 Å². The highest BCUT2D eigenvalue weighted by Gasteiger charge is 2.03. The Labute approximate surface area is 88.3 Å². The second-order valence-corrected chi connectivity index (χ2v) is 3.61. The van der Waals surface area contributed by atoms with E-state index in [1.165, 1.54) is 0 Å². The first kappa shape index (κ1) is 11.3. The van der Waals surface area contributed by atoms with Crippen LogP contribution >= 0.6 is 11.6 Å². The molecule has 0 amide bonds. The van der Waals surface area contributed by atoms with Gasteiger partial charge in [0.2, 0.25) is 0 Å². The smallest absolute Gasteiger partial charge is 0.0942 e. The van der Waals surface area contributed by atoms with Gasteiger partial charge in [-0.05, 0) is 24.6 Å².